The third kappa shape index (κ3) is 8.81. The molecule has 3 aromatic carbocycles. The number of nitrogens with zero attached hydrogens (tertiary/aromatic N) is 3. The van der Waals surface area contributed by atoms with E-state index in [0.29, 0.717) is 18.4 Å². The highest BCUT2D eigenvalue weighted by Crippen LogP contribution is 2.28. The molecule has 0 aliphatic rings. The largest absolute Gasteiger partial charge is 0.489 e. The second-order valence-corrected chi connectivity index (χ2v) is 7.62. The Morgan fingerprint density at radius 2 is 1.51 bits per heavy atom. The van der Waals surface area contributed by atoms with Crippen molar-refractivity contribution in [3.05, 3.63) is 96.3 Å². The molecule has 4 aromatic rings. The topological polar surface area (TPSA) is 103 Å². The predicted octanol–water partition coefficient (Wildman–Crippen LogP) is 7.32. The second-order valence-electron chi connectivity index (χ2n) is 7.62. The van der Waals surface area contributed by atoms with Gasteiger partial charge in [-0.1, -0.05) is 77.4 Å². The van der Waals surface area contributed by atoms with Crippen molar-refractivity contribution in [2.75, 3.05) is 5.01 Å². The van der Waals surface area contributed by atoms with E-state index < -0.39 is 0 Å². The van der Waals surface area contributed by atoms with Crippen LogP contribution in [-0.4, -0.2) is 10.2 Å². The summed E-state index contributed by atoms with van der Waals surface area (Å²) in [5, 5.41) is 9.91. The van der Waals surface area contributed by atoms with Crippen LogP contribution in [0.1, 0.15) is 53.0 Å². The fraction of sp³-hybridized carbons (Fsp3) is 0.267. The maximum Gasteiger partial charge on any atom is 0.248 e. The van der Waals surface area contributed by atoms with Gasteiger partial charge in [0, 0.05) is 23.0 Å². The molecular weight excluding hydrogens is 462 g/mol. The van der Waals surface area contributed by atoms with E-state index in [1.54, 1.807) is 6.20 Å². The number of hydrogen-bond donors (Lipinski definition) is 2. The van der Waals surface area contributed by atoms with Crippen LogP contribution in [0.2, 0.25) is 0 Å². The Kier molecular flexibility index (Phi) is 12.4. The summed E-state index contributed by atoms with van der Waals surface area (Å²) in [5.74, 6) is 7.67. The first-order valence-corrected chi connectivity index (χ1v) is 12.8. The molecule has 0 fully saturated rings. The van der Waals surface area contributed by atoms with Gasteiger partial charge in [0.1, 0.15) is 12.4 Å². The minimum Gasteiger partial charge on any atom is -0.489 e. The summed E-state index contributed by atoms with van der Waals surface area (Å²) < 4.78 is 11.8. The van der Waals surface area contributed by atoms with Crippen LogP contribution in [0, 0.1) is 0 Å². The number of benzene rings is 3. The number of nitrogens with two attached hydrogens (primary N) is 2. The van der Waals surface area contributed by atoms with E-state index in [9.17, 15) is 0 Å². The van der Waals surface area contributed by atoms with Crippen molar-refractivity contribution in [3.8, 4) is 28.7 Å². The smallest absolute Gasteiger partial charge is 0.248 e. The molecule has 1 heterocycles. The molecule has 0 aliphatic heterocycles. The number of allylic oxidation sites excluding steroid dienone is 1. The number of hydrogen-bond acceptors (Lipinski definition) is 7. The molecule has 7 heteroatoms. The lowest BCUT2D eigenvalue weighted by Gasteiger charge is -2.15. The molecule has 0 saturated heterocycles. The number of anilines is 1. The Balaban J connectivity index is 0.00000115. The number of aromatic nitrogens is 2. The van der Waals surface area contributed by atoms with E-state index in [-0.39, 0.29) is 0 Å². The third-order valence-corrected chi connectivity index (χ3v) is 5.01. The van der Waals surface area contributed by atoms with Crippen molar-refractivity contribution in [1.29, 1.82) is 0 Å². The van der Waals surface area contributed by atoms with Crippen LogP contribution in [0.5, 0.6) is 5.75 Å². The first-order chi connectivity index (χ1) is 18.1. The Morgan fingerprint density at radius 1 is 0.865 bits per heavy atom. The lowest BCUT2D eigenvalue weighted by molar-refractivity contribution is 0.306. The van der Waals surface area contributed by atoms with Gasteiger partial charge in [-0.3, -0.25) is 5.01 Å². The van der Waals surface area contributed by atoms with Gasteiger partial charge in [-0.05, 0) is 54.4 Å². The molecular formula is C30H39N5O2. The summed E-state index contributed by atoms with van der Waals surface area (Å²) >= 11 is 0. The van der Waals surface area contributed by atoms with Gasteiger partial charge in [0.05, 0.1) is 5.69 Å². The SMILES string of the molecule is CC.CC.CCC/C(N)=C/N(N)c1ccc(-c2nnc(-c3cccc(OCc4ccccc4)c3)o2)cc1. The summed E-state index contributed by atoms with van der Waals surface area (Å²) in [4.78, 5) is 0. The van der Waals surface area contributed by atoms with Gasteiger partial charge in [-0.25, -0.2) is 5.84 Å². The predicted molar refractivity (Wildman–Crippen MR) is 152 cm³/mol. The molecule has 4 N–H and O–H groups in total. The van der Waals surface area contributed by atoms with Crippen LogP contribution in [0.3, 0.4) is 0 Å². The average Bonchev–Trinajstić information content (AvgIpc) is 3.46. The molecule has 0 aliphatic carbocycles. The van der Waals surface area contributed by atoms with Gasteiger partial charge in [0.25, 0.3) is 0 Å². The van der Waals surface area contributed by atoms with Crippen LogP contribution in [-0.2, 0) is 6.61 Å². The fourth-order valence-electron chi connectivity index (χ4n) is 3.30. The van der Waals surface area contributed by atoms with Crippen LogP contribution in [0.25, 0.3) is 22.9 Å². The van der Waals surface area contributed by atoms with Gasteiger partial charge >= 0.3 is 0 Å². The third-order valence-electron chi connectivity index (χ3n) is 5.01. The van der Waals surface area contributed by atoms with E-state index in [2.05, 4.69) is 17.1 Å². The number of rotatable bonds is 9. The van der Waals surface area contributed by atoms with Gasteiger partial charge in [0.15, 0.2) is 0 Å². The van der Waals surface area contributed by atoms with E-state index in [0.717, 1.165) is 46.7 Å². The van der Waals surface area contributed by atoms with Gasteiger partial charge < -0.3 is 14.9 Å². The molecule has 0 atom stereocenters. The number of hydrazine groups is 1. The molecule has 196 valence electrons. The van der Waals surface area contributed by atoms with Crippen LogP contribution in [0.15, 0.2) is 95.2 Å². The maximum atomic E-state index is 6.08. The van der Waals surface area contributed by atoms with Crippen molar-refractivity contribution in [2.24, 2.45) is 11.6 Å². The first kappa shape index (κ1) is 29.1. The molecule has 1 aromatic heterocycles. The summed E-state index contributed by atoms with van der Waals surface area (Å²) in [6.45, 7) is 10.6. The first-order valence-electron chi connectivity index (χ1n) is 12.8. The van der Waals surface area contributed by atoms with Crippen molar-refractivity contribution < 1.29 is 9.15 Å². The minimum atomic E-state index is 0.426. The van der Waals surface area contributed by atoms with Gasteiger partial charge in [0.2, 0.25) is 11.8 Å². The fourth-order valence-corrected chi connectivity index (χ4v) is 3.30. The van der Waals surface area contributed by atoms with Crippen LogP contribution in [0.4, 0.5) is 5.69 Å². The van der Waals surface area contributed by atoms with E-state index >= 15 is 0 Å². The molecule has 0 radical (unpaired) electrons. The highest BCUT2D eigenvalue weighted by Gasteiger charge is 2.12. The molecule has 37 heavy (non-hydrogen) atoms. The van der Waals surface area contributed by atoms with Gasteiger partial charge in [-0.2, -0.15) is 0 Å². The van der Waals surface area contributed by atoms with Crippen LogP contribution >= 0.6 is 0 Å². The van der Waals surface area contributed by atoms with Crippen molar-refractivity contribution >= 4 is 5.69 Å². The van der Waals surface area contributed by atoms with Crippen molar-refractivity contribution in [1.82, 2.24) is 10.2 Å². The molecule has 0 spiro atoms. The highest BCUT2D eigenvalue weighted by atomic mass is 16.5. The van der Waals surface area contributed by atoms with E-state index in [1.807, 2.05) is 107 Å². The lowest BCUT2D eigenvalue weighted by Crippen LogP contribution is -2.25. The normalized spacial score (nSPS) is 10.5. The quantitative estimate of drug-likeness (QED) is 0.183. The van der Waals surface area contributed by atoms with Crippen molar-refractivity contribution in [3.63, 3.8) is 0 Å². The zero-order valence-corrected chi connectivity index (χ0v) is 22.5. The lowest BCUT2D eigenvalue weighted by atomic mass is 10.2. The zero-order valence-electron chi connectivity index (χ0n) is 22.5. The molecule has 0 bridgehead atoms. The maximum absolute atomic E-state index is 6.08. The summed E-state index contributed by atoms with van der Waals surface area (Å²) in [6, 6.07) is 25.2. The zero-order chi connectivity index (χ0) is 27.0. The highest BCUT2D eigenvalue weighted by molar-refractivity contribution is 5.62. The Hall–Kier alpha value is -4.10. The number of ether oxygens (including phenoxy) is 1. The standard InChI is InChI=1S/C26H27N5O2.2C2H6/c1-2-7-22(27)17-31(28)23-14-12-20(13-15-23)25-29-30-26(33-25)21-10-6-11-24(16-21)32-18-19-8-4-3-5-9-19;2*1-2/h3-6,8-17H,2,7,18,27-28H2,1H3;2*1-2H3/b22-17-;;. The van der Waals surface area contributed by atoms with Crippen molar-refractivity contribution in [2.45, 2.75) is 54.1 Å². The second kappa shape index (κ2) is 15.8. The molecule has 0 saturated carbocycles. The monoisotopic (exact) mass is 501 g/mol. The Bertz CT molecular complexity index is 1200. The summed E-state index contributed by atoms with van der Waals surface area (Å²) in [7, 11) is 0. The van der Waals surface area contributed by atoms with Gasteiger partial charge in [-0.15, -0.1) is 10.2 Å². The minimum absolute atomic E-state index is 0.426. The summed E-state index contributed by atoms with van der Waals surface area (Å²) in [6.07, 6.45) is 3.50. The van der Waals surface area contributed by atoms with E-state index in [4.69, 9.17) is 20.7 Å². The molecule has 4 rings (SSSR count). The van der Waals surface area contributed by atoms with E-state index in [1.165, 1.54) is 5.01 Å². The molecule has 0 unspecified atom stereocenters. The average molecular weight is 502 g/mol. The van der Waals surface area contributed by atoms with Crippen LogP contribution < -0.4 is 21.3 Å². The summed E-state index contributed by atoms with van der Waals surface area (Å²) in [5.41, 5.74) is 10.2. The molecule has 0 amide bonds. The Morgan fingerprint density at radius 3 is 2.16 bits per heavy atom. The molecule has 7 nitrogen and oxygen atoms in total. The Labute approximate surface area is 220 Å².